The lowest BCUT2D eigenvalue weighted by Crippen LogP contribution is -2.09. The van der Waals surface area contributed by atoms with Gasteiger partial charge < -0.3 is 4.74 Å². The summed E-state index contributed by atoms with van der Waals surface area (Å²) in [5, 5.41) is 0. The van der Waals surface area contributed by atoms with Crippen LogP contribution in [0.3, 0.4) is 0 Å². The van der Waals surface area contributed by atoms with Crippen LogP contribution in [0, 0.1) is 0 Å². The predicted molar refractivity (Wildman–Crippen MR) is 61.2 cm³/mol. The Morgan fingerprint density at radius 3 is 2.67 bits per heavy atom. The average molecular weight is 202 g/mol. The molecule has 0 unspecified atom stereocenters. The highest BCUT2D eigenvalue weighted by Crippen LogP contribution is 2.02. The topological polar surface area (TPSA) is 26.3 Å². The van der Waals surface area contributed by atoms with Crippen molar-refractivity contribution >= 4 is 12.0 Å². The van der Waals surface area contributed by atoms with Gasteiger partial charge in [-0.15, -0.1) is 0 Å². The summed E-state index contributed by atoms with van der Waals surface area (Å²) < 4.78 is 4.98. The number of hydrogen-bond acceptors (Lipinski definition) is 2. The van der Waals surface area contributed by atoms with E-state index >= 15 is 0 Å². The second kappa shape index (κ2) is 5.81. The van der Waals surface area contributed by atoms with E-state index in [0.717, 1.165) is 5.56 Å². The van der Waals surface area contributed by atoms with Gasteiger partial charge in [0.2, 0.25) is 0 Å². The Morgan fingerprint density at radius 1 is 1.40 bits per heavy atom. The fraction of sp³-hybridized carbons (Fsp3) is 0.154. The van der Waals surface area contributed by atoms with E-state index in [1.165, 1.54) is 6.08 Å². The van der Waals surface area contributed by atoms with Gasteiger partial charge in [0.1, 0.15) is 6.10 Å². The van der Waals surface area contributed by atoms with Gasteiger partial charge in [0.25, 0.3) is 0 Å². The minimum absolute atomic E-state index is 0.252. The Hall–Kier alpha value is -1.83. The van der Waals surface area contributed by atoms with Crippen molar-refractivity contribution < 1.29 is 9.53 Å². The normalized spacial score (nSPS) is 12.3. The lowest BCUT2D eigenvalue weighted by molar-refractivity contribution is -0.140. The molecule has 2 heteroatoms. The Balaban J connectivity index is 2.51. The largest absolute Gasteiger partial charge is 0.455 e. The molecule has 1 aromatic rings. The third kappa shape index (κ3) is 4.27. The summed E-state index contributed by atoms with van der Waals surface area (Å²) in [7, 11) is 0. The van der Waals surface area contributed by atoms with Crippen LogP contribution in [0.2, 0.25) is 0 Å². The first kappa shape index (κ1) is 11.2. The van der Waals surface area contributed by atoms with Gasteiger partial charge in [-0.2, -0.15) is 0 Å². The predicted octanol–water partition coefficient (Wildman–Crippen LogP) is 2.82. The van der Waals surface area contributed by atoms with Crippen molar-refractivity contribution in [3.8, 4) is 0 Å². The maximum atomic E-state index is 11.2. The van der Waals surface area contributed by atoms with Gasteiger partial charge in [0.05, 0.1) is 0 Å². The van der Waals surface area contributed by atoms with Gasteiger partial charge in [-0.1, -0.05) is 43.0 Å². The monoisotopic (exact) mass is 202 g/mol. The summed E-state index contributed by atoms with van der Waals surface area (Å²) in [4.78, 5) is 11.2. The van der Waals surface area contributed by atoms with Gasteiger partial charge in [0, 0.05) is 6.08 Å². The van der Waals surface area contributed by atoms with E-state index in [0.29, 0.717) is 0 Å². The standard InChI is InChI=1S/C13H14O2/c1-3-11(2)15-13(14)10-9-12-7-5-4-6-8-12/h3-11H,1H2,2H3/b10-9+/t11-/m0/s1. The van der Waals surface area contributed by atoms with E-state index in [1.54, 1.807) is 19.1 Å². The minimum Gasteiger partial charge on any atom is -0.455 e. The summed E-state index contributed by atoms with van der Waals surface area (Å²) in [5.74, 6) is -0.355. The molecule has 0 aliphatic rings. The number of carbonyl (C=O) groups is 1. The van der Waals surface area contributed by atoms with E-state index in [2.05, 4.69) is 6.58 Å². The van der Waals surface area contributed by atoms with Crippen LogP contribution in [-0.4, -0.2) is 12.1 Å². The molecule has 1 rings (SSSR count). The van der Waals surface area contributed by atoms with Crippen molar-refractivity contribution in [2.75, 3.05) is 0 Å². The summed E-state index contributed by atoms with van der Waals surface area (Å²) in [6.07, 6.45) is 4.46. The lowest BCUT2D eigenvalue weighted by atomic mass is 10.2. The fourth-order valence-corrected chi connectivity index (χ4v) is 0.999. The van der Waals surface area contributed by atoms with E-state index in [1.807, 2.05) is 30.3 Å². The molecule has 0 spiro atoms. The van der Waals surface area contributed by atoms with Crippen LogP contribution in [0.1, 0.15) is 12.5 Å². The highest BCUT2D eigenvalue weighted by molar-refractivity contribution is 5.87. The second-order valence-corrected chi connectivity index (χ2v) is 3.12. The van der Waals surface area contributed by atoms with Crippen molar-refractivity contribution in [2.45, 2.75) is 13.0 Å². The SMILES string of the molecule is C=C[C@H](C)OC(=O)/C=C/c1ccccc1. The van der Waals surface area contributed by atoms with Crippen LogP contribution in [-0.2, 0) is 9.53 Å². The Labute approximate surface area is 89.9 Å². The summed E-state index contributed by atoms with van der Waals surface area (Å²) in [5.41, 5.74) is 0.973. The van der Waals surface area contributed by atoms with Crippen LogP contribution < -0.4 is 0 Å². The smallest absolute Gasteiger partial charge is 0.331 e. The van der Waals surface area contributed by atoms with E-state index in [4.69, 9.17) is 4.74 Å². The van der Waals surface area contributed by atoms with Crippen LogP contribution >= 0.6 is 0 Å². The molecular formula is C13H14O2. The third-order valence-corrected chi connectivity index (χ3v) is 1.85. The Kier molecular flexibility index (Phi) is 4.35. The van der Waals surface area contributed by atoms with Gasteiger partial charge in [-0.25, -0.2) is 4.79 Å². The van der Waals surface area contributed by atoms with Gasteiger partial charge in [0.15, 0.2) is 0 Å². The number of ether oxygens (including phenoxy) is 1. The van der Waals surface area contributed by atoms with Crippen LogP contribution in [0.15, 0.2) is 49.1 Å². The zero-order chi connectivity index (χ0) is 11.1. The highest BCUT2D eigenvalue weighted by Gasteiger charge is 2.00. The summed E-state index contributed by atoms with van der Waals surface area (Å²) >= 11 is 0. The highest BCUT2D eigenvalue weighted by atomic mass is 16.5. The molecule has 2 nitrogen and oxygen atoms in total. The van der Waals surface area contributed by atoms with E-state index in [-0.39, 0.29) is 12.1 Å². The van der Waals surface area contributed by atoms with Gasteiger partial charge >= 0.3 is 5.97 Å². The molecule has 0 saturated carbocycles. The molecule has 0 saturated heterocycles. The van der Waals surface area contributed by atoms with Crippen molar-refractivity contribution in [3.63, 3.8) is 0 Å². The van der Waals surface area contributed by atoms with Gasteiger partial charge in [-0.3, -0.25) is 0 Å². The zero-order valence-electron chi connectivity index (χ0n) is 8.72. The van der Waals surface area contributed by atoms with Crippen LogP contribution in [0.25, 0.3) is 6.08 Å². The summed E-state index contributed by atoms with van der Waals surface area (Å²) in [6.45, 7) is 5.30. The Morgan fingerprint density at radius 2 is 2.07 bits per heavy atom. The molecule has 0 aliphatic carbocycles. The van der Waals surface area contributed by atoms with Crippen molar-refractivity contribution in [1.82, 2.24) is 0 Å². The van der Waals surface area contributed by atoms with Crippen molar-refractivity contribution in [3.05, 3.63) is 54.6 Å². The molecule has 1 aromatic carbocycles. The van der Waals surface area contributed by atoms with E-state index in [9.17, 15) is 4.79 Å². The molecule has 1 atom stereocenters. The number of benzene rings is 1. The molecule has 0 fully saturated rings. The summed E-state index contributed by atoms with van der Waals surface area (Å²) in [6, 6.07) is 9.59. The molecule has 0 aliphatic heterocycles. The van der Waals surface area contributed by atoms with Crippen LogP contribution in [0.4, 0.5) is 0 Å². The quantitative estimate of drug-likeness (QED) is 0.426. The zero-order valence-corrected chi connectivity index (χ0v) is 8.72. The minimum atomic E-state index is -0.355. The number of esters is 1. The molecule has 0 bridgehead atoms. The molecular weight excluding hydrogens is 188 g/mol. The van der Waals surface area contributed by atoms with Crippen molar-refractivity contribution in [1.29, 1.82) is 0 Å². The first-order valence-electron chi connectivity index (χ1n) is 4.78. The van der Waals surface area contributed by atoms with E-state index < -0.39 is 0 Å². The first-order valence-corrected chi connectivity index (χ1v) is 4.78. The molecule has 78 valence electrons. The Bertz CT molecular complexity index is 352. The second-order valence-electron chi connectivity index (χ2n) is 3.12. The van der Waals surface area contributed by atoms with Gasteiger partial charge in [-0.05, 0) is 18.6 Å². The first-order chi connectivity index (χ1) is 7.22. The molecule has 0 radical (unpaired) electrons. The fourth-order valence-electron chi connectivity index (χ4n) is 0.999. The molecule has 0 N–H and O–H groups in total. The maximum absolute atomic E-state index is 11.2. The van der Waals surface area contributed by atoms with Crippen molar-refractivity contribution in [2.24, 2.45) is 0 Å². The number of hydrogen-bond donors (Lipinski definition) is 0. The molecule has 0 amide bonds. The lowest BCUT2D eigenvalue weighted by Gasteiger charge is -2.04. The molecule has 15 heavy (non-hydrogen) atoms. The average Bonchev–Trinajstić information content (AvgIpc) is 2.27. The maximum Gasteiger partial charge on any atom is 0.331 e. The molecule has 0 aromatic heterocycles. The number of rotatable bonds is 4. The van der Waals surface area contributed by atoms with Crippen LogP contribution in [0.5, 0.6) is 0 Å². The third-order valence-electron chi connectivity index (χ3n) is 1.85. The molecule has 0 heterocycles. The number of carbonyl (C=O) groups excluding carboxylic acids is 1.